The van der Waals surface area contributed by atoms with Crippen LogP contribution in [0.3, 0.4) is 0 Å². The first-order chi connectivity index (χ1) is 11.7. The van der Waals surface area contributed by atoms with Crippen molar-refractivity contribution in [2.45, 2.75) is 75.5 Å². The van der Waals surface area contributed by atoms with Crippen LogP contribution in [0.4, 0.5) is 0 Å². The fourth-order valence-corrected chi connectivity index (χ4v) is 7.03. The number of rotatable bonds is 1. The van der Waals surface area contributed by atoms with E-state index in [-0.39, 0.29) is 5.79 Å². The van der Waals surface area contributed by atoms with Crippen molar-refractivity contribution in [1.82, 2.24) is 14.8 Å². The summed E-state index contributed by atoms with van der Waals surface area (Å²) < 4.78 is 14.4. The number of hydrogen-bond donors (Lipinski definition) is 0. The Bertz CT molecular complexity index is 626. The lowest BCUT2D eigenvalue weighted by atomic mass is 9.49. The van der Waals surface area contributed by atoms with E-state index in [2.05, 4.69) is 9.67 Å². The fraction of sp³-hybridized carbons (Fsp3) is 0.895. The highest BCUT2D eigenvalue weighted by atomic mass is 16.7. The summed E-state index contributed by atoms with van der Waals surface area (Å²) in [4.78, 5) is 0. The Morgan fingerprint density at radius 1 is 0.875 bits per heavy atom. The lowest BCUT2D eigenvalue weighted by Crippen LogP contribution is -2.49. The van der Waals surface area contributed by atoms with Crippen molar-refractivity contribution in [2.75, 3.05) is 13.2 Å². The quantitative estimate of drug-likeness (QED) is 0.795. The Morgan fingerprint density at radius 3 is 2.21 bits per heavy atom. The van der Waals surface area contributed by atoms with E-state index in [1.54, 1.807) is 0 Å². The smallest absolute Gasteiger partial charge is 0.170 e. The van der Waals surface area contributed by atoms with Gasteiger partial charge in [-0.2, -0.15) is 0 Å². The molecule has 1 aromatic heterocycles. The minimum atomic E-state index is -0.348. The van der Waals surface area contributed by atoms with Crippen LogP contribution in [0.25, 0.3) is 0 Å². The molecule has 7 rings (SSSR count). The maximum atomic E-state index is 5.97. The number of hydrogen-bond acceptors (Lipinski definition) is 4. The summed E-state index contributed by atoms with van der Waals surface area (Å²) in [6, 6.07) is 0. The number of aryl methyl sites for hydroxylation is 1. The monoisotopic (exact) mass is 329 g/mol. The molecule has 130 valence electrons. The third-order valence-electron chi connectivity index (χ3n) is 7.60. The van der Waals surface area contributed by atoms with E-state index in [0.717, 1.165) is 62.6 Å². The van der Waals surface area contributed by atoms with Crippen molar-refractivity contribution in [2.24, 2.45) is 17.8 Å². The molecular weight excluding hydrogens is 302 g/mol. The van der Waals surface area contributed by atoms with Crippen LogP contribution in [-0.2, 0) is 27.9 Å². The van der Waals surface area contributed by atoms with Crippen LogP contribution in [-0.4, -0.2) is 33.8 Å². The van der Waals surface area contributed by atoms with Crippen LogP contribution in [0.15, 0.2) is 0 Å². The van der Waals surface area contributed by atoms with Crippen molar-refractivity contribution in [3.8, 4) is 0 Å². The number of ether oxygens (including phenoxy) is 2. The van der Waals surface area contributed by atoms with E-state index in [0.29, 0.717) is 5.41 Å². The molecule has 2 aliphatic heterocycles. The molecule has 1 aromatic rings. The zero-order valence-corrected chi connectivity index (χ0v) is 14.4. The molecule has 24 heavy (non-hydrogen) atoms. The number of aromatic nitrogens is 3. The van der Waals surface area contributed by atoms with Gasteiger partial charge >= 0.3 is 0 Å². The summed E-state index contributed by atoms with van der Waals surface area (Å²) in [6.07, 6.45) is 11.3. The summed E-state index contributed by atoms with van der Waals surface area (Å²) in [7, 11) is 0. The molecule has 1 spiro atoms. The molecule has 0 N–H and O–H groups in total. The lowest BCUT2D eigenvalue weighted by Gasteiger charge is -2.56. The molecule has 1 saturated heterocycles. The molecule has 4 bridgehead atoms. The highest BCUT2D eigenvalue weighted by molar-refractivity contribution is 5.19. The highest BCUT2D eigenvalue weighted by Gasteiger charge is 2.54. The molecule has 5 heteroatoms. The number of nitrogens with zero attached hydrogens (tertiary/aromatic N) is 3. The zero-order chi connectivity index (χ0) is 15.8. The van der Waals surface area contributed by atoms with Gasteiger partial charge in [0.05, 0.1) is 13.2 Å². The Kier molecular flexibility index (Phi) is 2.86. The van der Waals surface area contributed by atoms with E-state index >= 15 is 0 Å². The Balaban J connectivity index is 1.35. The zero-order valence-electron chi connectivity index (χ0n) is 14.4. The molecule has 0 unspecified atom stereocenters. The van der Waals surface area contributed by atoms with Gasteiger partial charge in [0.1, 0.15) is 11.6 Å². The molecule has 4 saturated carbocycles. The van der Waals surface area contributed by atoms with E-state index in [1.807, 2.05) is 0 Å². The van der Waals surface area contributed by atoms with Crippen molar-refractivity contribution < 1.29 is 9.47 Å². The Labute approximate surface area is 143 Å². The minimum Gasteiger partial charge on any atom is -0.347 e. The summed E-state index contributed by atoms with van der Waals surface area (Å²) in [6.45, 7) is 2.43. The second-order valence-corrected chi connectivity index (χ2v) is 9.15. The standard InChI is InChI=1S/C19H27N3O2/c1-2-19(23-5-6-24-19)3-4-22-16(1)20-21-17(22)18-10-13-7-14(11-18)9-15(8-13)12-18/h13-15H,1-12H2. The van der Waals surface area contributed by atoms with Crippen LogP contribution in [0.2, 0.25) is 0 Å². The first kappa shape index (κ1) is 14.3. The van der Waals surface area contributed by atoms with Gasteiger partial charge in [0.25, 0.3) is 0 Å². The van der Waals surface area contributed by atoms with Crippen LogP contribution in [0.5, 0.6) is 0 Å². The molecule has 0 atom stereocenters. The first-order valence-corrected chi connectivity index (χ1v) is 9.94. The molecule has 3 heterocycles. The third-order valence-corrected chi connectivity index (χ3v) is 7.60. The van der Waals surface area contributed by atoms with Gasteiger partial charge in [-0.05, 0) is 56.3 Å². The summed E-state index contributed by atoms with van der Waals surface area (Å²) in [5.74, 6) is 4.97. The molecular formula is C19H27N3O2. The van der Waals surface area contributed by atoms with E-state index < -0.39 is 0 Å². The maximum absolute atomic E-state index is 5.97. The Morgan fingerprint density at radius 2 is 1.54 bits per heavy atom. The molecule has 6 aliphatic rings. The predicted octanol–water partition coefficient (Wildman–Crippen LogP) is 2.83. The first-order valence-electron chi connectivity index (χ1n) is 9.94. The normalized spacial score (nSPS) is 42.4. The third kappa shape index (κ3) is 1.94. The second kappa shape index (κ2) is 4.82. The van der Waals surface area contributed by atoms with E-state index in [9.17, 15) is 0 Å². The molecule has 5 nitrogen and oxygen atoms in total. The van der Waals surface area contributed by atoms with Crippen molar-refractivity contribution in [1.29, 1.82) is 0 Å². The Hall–Kier alpha value is -0.940. The average molecular weight is 329 g/mol. The van der Waals surface area contributed by atoms with Gasteiger partial charge < -0.3 is 14.0 Å². The number of fused-ring (bicyclic) bond motifs is 1. The predicted molar refractivity (Wildman–Crippen MR) is 87.4 cm³/mol. The average Bonchev–Trinajstić information content (AvgIpc) is 3.13. The largest absolute Gasteiger partial charge is 0.347 e. The van der Waals surface area contributed by atoms with E-state index in [4.69, 9.17) is 14.6 Å². The van der Waals surface area contributed by atoms with Gasteiger partial charge in [-0.15, -0.1) is 10.2 Å². The second-order valence-electron chi connectivity index (χ2n) is 9.15. The molecule has 0 amide bonds. The highest BCUT2D eigenvalue weighted by Crippen LogP contribution is 2.60. The molecule has 0 radical (unpaired) electrons. The van der Waals surface area contributed by atoms with Crippen LogP contribution in [0, 0.1) is 17.8 Å². The summed E-state index contributed by atoms with van der Waals surface area (Å²) in [5, 5.41) is 9.41. The van der Waals surface area contributed by atoms with Gasteiger partial charge in [0.15, 0.2) is 5.79 Å². The van der Waals surface area contributed by atoms with E-state index in [1.165, 1.54) is 44.3 Å². The van der Waals surface area contributed by atoms with Crippen molar-refractivity contribution >= 4 is 0 Å². The minimum absolute atomic E-state index is 0.328. The fourth-order valence-electron chi connectivity index (χ4n) is 7.03. The summed E-state index contributed by atoms with van der Waals surface area (Å²) in [5.41, 5.74) is 0.328. The van der Waals surface area contributed by atoms with Crippen molar-refractivity contribution in [3.05, 3.63) is 11.6 Å². The van der Waals surface area contributed by atoms with Crippen LogP contribution < -0.4 is 0 Å². The van der Waals surface area contributed by atoms with Gasteiger partial charge in [0.2, 0.25) is 0 Å². The molecule has 5 fully saturated rings. The van der Waals surface area contributed by atoms with Crippen LogP contribution >= 0.6 is 0 Å². The van der Waals surface area contributed by atoms with Crippen molar-refractivity contribution in [3.63, 3.8) is 0 Å². The SMILES string of the molecule is C1COC2(CCc3nnc(C45CC6CC(CC(C6)C4)C5)n3CC2)O1. The molecule has 4 aliphatic carbocycles. The van der Waals surface area contributed by atoms with Crippen LogP contribution in [0.1, 0.15) is 63.0 Å². The lowest BCUT2D eigenvalue weighted by molar-refractivity contribution is -0.166. The van der Waals surface area contributed by atoms with Gasteiger partial charge in [-0.25, -0.2) is 0 Å². The van der Waals surface area contributed by atoms with Gasteiger partial charge in [0, 0.05) is 31.2 Å². The topological polar surface area (TPSA) is 49.2 Å². The summed E-state index contributed by atoms with van der Waals surface area (Å²) >= 11 is 0. The van der Waals surface area contributed by atoms with Gasteiger partial charge in [-0.1, -0.05) is 0 Å². The molecule has 0 aromatic carbocycles. The maximum Gasteiger partial charge on any atom is 0.170 e. The van der Waals surface area contributed by atoms with Gasteiger partial charge in [-0.3, -0.25) is 0 Å².